The van der Waals surface area contributed by atoms with Crippen molar-refractivity contribution in [3.05, 3.63) is 59.7 Å². The fourth-order valence-corrected chi connectivity index (χ4v) is 4.03. The molecule has 1 amide bonds. The highest BCUT2D eigenvalue weighted by atomic mass is 16.5. The lowest BCUT2D eigenvalue weighted by molar-refractivity contribution is -0.122. The van der Waals surface area contributed by atoms with E-state index in [1.54, 1.807) is 12.1 Å². The van der Waals surface area contributed by atoms with E-state index in [-0.39, 0.29) is 23.9 Å². The molecule has 2 aromatic rings. The number of amides is 1. The van der Waals surface area contributed by atoms with Gasteiger partial charge in [0.05, 0.1) is 6.04 Å². The van der Waals surface area contributed by atoms with Crippen molar-refractivity contribution in [3.8, 4) is 5.75 Å². The Kier molecular flexibility index (Phi) is 5.67. The van der Waals surface area contributed by atoms with Crippen LogP contribution in [0.3, 0.4) is 0 Å². The van der Waals surface area contributed by atoms with Gasteiger partial charge in [-0.15, -0.1) is 0 Å². The molecule has 0 aromatic heterocycles. The third-order valence-corrected chi connectivity index (χ3v) is 5.59. The van der Waals surface area contributed by atoms with Gasteiger partial charge in [-0.05, 0) is 30.2 Å². The summed E-state index contributed by atoms with van der Waals surface area (Å²) in [7, 11) is 0. The molecule has 3 atom stereocenters. The topological polar surface area (TPSA) is 112 Å². The van der Waals surface area contributed by atoms with E-state index < -0.39 is 0 Å². The van der Waals surface area contributed by atoms with Crippen LogP contribution in [0.25, 0.3) is 0 Å². The van der Waals surface area contributed by atoms with E-state index in [1.165, 1.54) is 11.3 Å². The third-order valence-electron chi connectivity index (χ3n) is 5.59. The van der Waals surface area contributed by atoms with Crippen LogP contribution in [0.4, 0.5) is 5.69 Å². The number of anilines is 1. The minimum absolute atomic E-state index is 0.0114. The van der Waals surface area contributed by atoms with Crippen LogP contribution in [-0.2, 0) is 4.79 Å². The molecule has 0 spiro atoms. The zero-order chi connectivity index (χ0) is 20.2. The minimum Gasteiger partial charge on any atom is -0.489 e. The number of rotatable bonds is 7. The first-order valence-corrected chi connectivity index (χ1v) is 10.0. The highest BCUT2D eigenvalue weighted by Crippen LogP contribution is 2.32. The van der Waals surface area contributed by atoms with Crippen LogP contribution in [0, 0.1) is 5.41 Å². The van der Waals surface area contributed by atoms with Crippen LogP contribution >= 0.6 is 0 Å². The first-order valence-electron chi connectivity index (χ1n) is 10.0. The Balaban J connectivity index is 1.23. The van der Waals surface area contributed by atoms with Crippen LogP contribution in [0.15, 0.2) is 48.5 Å². The van der Waals surface area contributed by atoms with Gasteiger partial charge < -0.3 is 26.4 Å². The Labute approximate surface area is 170 Å². The quantitative estimate of drug-likeness (QED) is 0.364. The van der Waals surface area contributed by atoms with Crippen LogP contribution in [-0.4, -0.2) is 43.5 Å². The molecule has 7 heteroatoms. The Morgan fingerprint density at radius 1 is 1.21 bits per heavy atom. The number of ether oxygens (including phenoxy) is 1. The maximum atomic E-state index is 12.5. The van der Waals surface area contributed by atoms with Crippen molar-refractivity contribution in [2.45, 2.75) is 30.9 Å². The second-order valence-corrected chi connectivity index (χ2v) is 7.62. The zero-order valence-corrected chi connectivity index (χ0v) is 16.3. The van der Waals surface area contributed by atoms with E-state index in [4.69, 9.17) is 15.9 Å². The van der Waals surface area contributed by atoms with Gasteiger partial charge in [-0.25, -0.2) is 0 Å². The molecule has 2 aliphatic rings. The Morgan fingerprint density at radius 2 is 2.07 bits per heavy atom. The molecular formula is C22H27N5O2. The second kappa shape index (κ2) is 8.53. The maximum Gasteiger partial charge on any atom is 0.237 e. The van der Waals surface area contributed by atoms with E-state index in [9.17, 15) is 4.79 Å². The number of hydrogen-bond donors (Lipinski definition) is 5. The number of fused-ring (bicyclic) bond motifs is 1. The van der Waals surface area contributed by atoms with Crippen molar-refractivity contribution in [1.82, 2.24) is 10.6 Å². The van der Waals surface area contributed by atoms with Gasteiger partial charge in [0.15, 0.2) is 0 Å². The van der Waals surface area contributed by atoms with Gasteiger partial charge in [-0.3, -0.25) is 10.2 Å². The fourth-order valence-electron chi connectivity index (χ4n) is 4.03. The summed E-state index contributed by atoms with van der Waals surface area (Å²) in [5, 5.41) is 17.2. The molecule has 6 N–H and O–H groups in total. The molecule has 2 heterocycles. The van der Waals surface area contributed by atoms with Crippen LogP contribution in [0.1, 0.15) is 29.9 Å². The number of carbonyl (C=O) groups excluding carboxylic acids is 1. The third kappa shape index (κ3) is 4.51. The summed E-state index contributed by atoms with van der Waals surface area (Å²) in [6.45, 7) is 2.19. The first kappa shape index (κ1) is 19.3. The van der Waals surface area contributed by atoms with Crippen molar-refractivity contribution in [2.75, 3.05) is 25.0 Å². The predicted molar refractivity (Wildman–Crippen MR) is 114 cm³/mol. The van der Waals surface area contributed by atoms with Crippen LogP contribution in [0.5, 0.6) is 5.75 Å². The number of para-hydroxylation sites is 1. The van der Waals surface area contributed by atoms with Gasteiger partial charge in [-0.1, -0.05) is 30.3 Å². The molecule has 0 aliphatic carbocycles. The average Bonchev–Trinajstić information content (AvgIpc) is 3.35. The number of hydrogen-bond acceptors (Lipinski definition) is 5. The fraction of sp³-hybridized carbons (Fsp3) is 0.364. The molecule has 3 unspecified atom stereocenters. The molecule has 1 saturated heterocycles. The Hall–Kier alpha value is -3.06. The molecule has 0 saturated carbocycles. The van der Waals surface area contributed by atoms with E-state index in [2.05, 4.69) is 34.1 Å². The van der Waals surface area contributed by atoms with Gasteiger partial charge in [0.1, 0.15) is 17.7 Å². The van der Waals surface area contributed by atoms with Gasteiger partial charge in [0, 0.05) is 43.2 Å². The Bertz CT molecular complexity index is 900. The van der Waals surface area contributed by atoms with E-state index in [0.29, 0.717) is 36.7 Å². The molecule has 4 rings (SSSR count). The van der Waals surface area contributed by atoms with Crippen molar-refractivity contribution in [3.63, 3.8) is 0 Å². The molecule has 29 heavy (non-hydrogen) atoms. The molecule has 2 aromatic carbocycles. The summed E-state index contributed by atoms with van der Waals surface area (Å²) >= 11 is 0. The average molecular weight is 393 g/mol. The zero-order valence-electron chi connectivity index (χ0n) is 16.3. The lowest BCUT2D eigenvalue weighted by atomic mass is 9.98. The van der Waals surface area contributed by atoms with Crippen LogP contribution < -0.4 is 26.4 Å². The molecule has 7 nitrogen and oxygen atoms in total. The second-order valence-electron chi connectivity index (χ2n) is 7.62. The van der Waals surface area contributed by atoms with Crippen molar-refractivity contribution in [2.24, 2.45) is 5.73 Å². The largest absolute Gasteiger partial charge is 0.489 e. The lowest BCUT2D eigenvalue weighted by Crippen LogP contribution is -2.41. The van der Waals surface area contributed by atoms with Crippen LogP contribution in [0.2, 0.25) is 0 Å². The normalized spacial score (nSPS) is 22.6. The SMILES string of the molecule is N=C(N)c1cccc(OC2CNC(C(=O)NCCC3CNc4ccccc43)C2)c1. The number of nitrogens with two attached hydrogens (primary N) is 1. The monoisotopic (exact) mass is 393 g/mol. The molecule has 1 fully saturated rings. The molecule has 2 aliphatic heterocycles. The summed E-state index contributed by atoms with van der Waals surface area (Å²) in [5.74, 6) is 1.13. The molecule has 0 bridgehead atoms. The summed E-state index contributed by atoms with van der Waals surface area (Å²) in [6.07, 6.45) is 1.45. The van der Waals surface area contributed by atoms with E-state index in [1.807, 2.05) is 18.2 Å². The molecule has 0 radical (unpaired) electrons. The van der Waals surface area contributed by atoms with Gasteiger partial charge in [0.2, 0.25) is 5.91 Å². The van der Waals surface area contributed by atoms with E-state index >= 15 is 0 Å². The highest BCUT2D eigenvalue weighted by Gasteiger charge is 2.31. The summed E-state index contributed by atoms with van der Waals surface area (Å²) in [6, 6.07) is 15.3. The molecular weight excluding hydrogens is 366 g/mol. The summed E-state index contributed by atoms with van der Waals surface area (Å²) in [5.41, 5.74) is 8.70. The van der Waals surface area contributed by atoms with Gasteiger partial charge >= 0.3 is 0 Å². The van der Waals surface area contributed by atoms with E-state index in [0.717, 1.165) is 13.0 Å². The first-order chi connectivity index (χ1) is 14.1. The van der Waals surface area contributed by atoms with Crippen molar-refractivity contribution in [1.29, 1.82) is 5.41 Å². The van der Waals surface area contributed by atoms with Crippen molar-refractivity contribution < 1.29 is 9.53 Å². The van der Waals surface area contributed by atoms with Crippen molar-refractivity contribution >= 4 is 17.4 Å². The molecule has 152 valence electrons. The minimum atomic E-state index is -0.245. The smallest absolute Gasteiger partial charge is 0.237 e. The Morgan fingerprint density at radius 3 is 2.93 bits per heavy atom. The number of carbonyl (C=O) groups is 1. The van der Waals surface area contributed by atoms with Gasteiger partial charge in [-0.2, -0.15) is 0 Å². The number of benzene rings is 2. The standard InChI is InChI=1S/C22H27N5O2/c23-21(24)14-4-3-5-16(10-14)29-17-11-20(27-13-17)22(28)25-9-8-15-12-26-19-7-2-1-6-18(15)19/h1-7,10,15,17,20,26-27H,8-9,11-13H2,(H3,23,24)(H,25,28). The number of nitrogens with one attached hydrogen (secondary N) is 4. The predicted octanol–water partition coefficient (Wildman–Crippen LogP) is 1.80. The number of amidine groups is 1. The maximum absolute atomic E-state index is 12.5. The highest BCUT2D eigenvalue weighted by molar-refractivity contribution is 5.95. The number of nitrogen functional groups attached to an aromatic ring is 1. The van der Waals surface area contributed by atoms with Gasteiger partial charge in [0.25, 0.3) is 0 Å². The summed E-state index contributed by atoms with van der Waals surface area (Å²) in [4.78, 5) is 12.5. The lowest BCUT2D eigenvalue weighted by Gasteiger charge is -2.15. The summed E-state index contributed by atoms with van der Waals surface area (Å²) < 4.78 is 5.97.